The van der Waals surface area contributed by atoms with Crippen molar-refractivity contribution in [1.82, 2.24) is 0 Å². The molecular weight excluding hydrogens is 351 g/mol. The normalized spacial score (nSPS) is 11.8. The maximum absolute atomic E-state index is 12.9. The van der Waals surface area contributed by atoms with Crippen LogP contribution in [0, 0.1) is 0 Å². The van der Waals surface area contributed by atoms with E-state index in [1.807, 2.05) is 0 Å². The van der Waals surface area contributed by atoms with Crippen molar-refractivity contribution in [2.75, 3.05) is 0 Å². The Hall–Kier alpha value is -2.02. The second-order valence-corrected chi connectivity index (χ2v) is 4.97. The zero-order valence-electron chi connectivity index (χ0n) is 10.4. The van der Waals surface area contributed by atoms with Gasteiger partial charge in [-0.05, 0) is 48.0 Å². The van der Waals surface area contributed by atoms with Gasteiger partial charge in [0.15, 0.2) is 0 Å². The van der Waals surface area contributed by atoms with Crippen LogP contribution in [-0.4, -0.2) is 11.4 Å². The van der Waals surface area contributed by atoms with Gasteiger partial charge in [-0.25, -0.2) is 0 Å². The maximum atomic E-state index is 12.9. The number of ether oxygens (including phenoxy) is 1. The van der Waals surface area contributed by atoms with Gasteiger partial charge in [-0.2, -0.15) is 13.2 Å². The minimum Gasteiger partial charge on any atom is -0.457 e. The van der Waals surface area contributed by atoms with E-state index >= 15 is 0 Å². The summed E-state index contributed by atoms with van der Waals surface area (Å²) in [7, 11) is 0. The van der Waals surface area contributed by atoms with E-state index in [1.54, 1.807) is 12.1 Å². The Morgan fingerprint density at radius 3 is 2.33 bits per heavy atom. The Balaban J connectivity index is 2.31. The van der Waals surface area contributed by atoms with Crippen LogP contribution in [-0.2, 0) is 6.18 Å². The van der Waals surface area contributed by atoms with Crippen molar-refractivity contribution in [3.63, 3.8) is 0 Å². The molecule has 110 valence electrons. The van der Waals surface area contributed by atoms with E-state index in [0.29, 0.717) is 10.0 Å². The van der Waals surface area contributed by atoms with E-state index in [2.05, 4.69) is 21.1 Å². The van der Waals surface area contributed by atoms with Crippen molar-refractivity contribution in [2.24, 2.45) is 5.16 Å². The van der Waals surface area contributed by atoms with Gasteiger partial charge in [-0.1, -0.05) is 21.1 Å². The molecule has 0 heterocycles. The number of benzene rings is 2. The van der Waals surface area contributed by atoms with Gasteiger partial charge in [0.1, 0.15) is 11.5 Å². The molecule has 1 N–H and O–H groups in total. The summed E-state index contributed by atoms with van der Waals surface area (Å²) in [4.78, 5) is 0. The third kappa shape index (κ3) is 3.98. The Morgan fingerprint density at radius 2 is 1.76 bits per heavy atom. The molecule has 0 aliphatic carbocycles. The second kappa shape index (κ2) is 6.17. The molecule has 0 fully saturated rings. The number of halogens is 4. The fourth-order valence-corrected chi connectivity index (χ4v) is 1.99. The molecule has 0 bridgehead atoms. The summed E-state index contributed by atoms with van der Waals surface area (Å²) in [5.74, 6) is -0.0350. The van der Waals surface area contributed by atoms with Gasteiger partial charge in [-0.3, -0.25) is 0 Å². The molecule has 2 aromatic carbocycles. The van der Waals surface area contributed by atoms with Crippen molar-refractivity contribution in [3.05, 3.63) is 58.1 Å². The molecule has 0 atom stereocenters. The first-order valence-corrected chi connectivity index (χ1v) is 6.51. The van der Waals surface area contributed by atoms with Gasteiger partial charge in [0.05, 0.1) is 11.8 Å². The minimum absolute atomic E-state index is 0.248. The zero-order chi connectivity index (χ0) is 15.5. The van der Waals surface area contributed by atoms with E-state index in [9.17, 15) is 13.2 Å². The van der Waals surface area contributed by atoms with E-state index in [0.717, 1.165) is 6.07 Å². The van der Waals surface area contributed by atoms with Gasteiger partial charge < -0.3 is 9.94 Å². The van der Waals surface area contributed by atoms with E-state index < -0.39 is 11.7 Å². The molecule has 0 radical (unpaired) electrons. The third-order valence-electron chi connectivity index (χ3n) is 2.56. The lowest BCUT2D eigenvalue weighted by molar-refractivity contribution is -0.138. The molecule has 21 heavy (non-hydrogen) atoms. The smallest absolute Gasteiger partial charge is 0.420 e. The van der Waals surface area contributed by atoms with Crippen LogP contribution in [0.1, 0.15) is 11.1 Å². The van der Waals surface area contributed by atoms with Crippen molar-refractivity contribution in [3.8, 4) is 11.5 Å². The fourth-order valence-electron chi connectivity index (χ4n) is 1.63. The Labute approximate surface area is 126 Å². The van der Waals surface area contributed by atoms with E-state index in [-0.39, 0.29) is 11.5 Å². The minimum atomic E-state index is -4.51. The van der Waals surface area contributed by atoms with Crippen molar-refractivity contribution in [1.29, 1.82) is 0 Å². The van der Waals surface area contributed by atoms with Crippen LogP contribution in [0.5, 0.6) is 11.5 Å². The van der Waals surface area contributed by atoms with Gasteiger partial charge in [0, 0.05) is 4.47 Å². The summed E-state index contributed by atoms with van der Waals surface area (Å²) >= 11 is 3.01. The average molecular weight is 360 g/mol. The van der Waals surface area contributed by atoms with Crippen molar-refractivity contribution < 1.29 is 23.1 Å². The van der Waals surface area contributed by atoms with Crippen LogP contribution in [0.3, 0.4) is 0 Å². The molecule has 3 nitrogen and oxygen atoms in total. The van der Waals surface area contributed by atoms with Gasteiger partial charge >= 0.3 is 6.18 Å². The van der Waals surface area contributed by atoms with Crippen molar-refractivity contribution in [2.45, 2.75) is 6.18 Å². The molecule has 0 unspecified atom stereocenters. The van der Waals surface area contributed by atoms with Gasteiger partial charge in [0.2, 0.25) is 0 Å². The molecule has 0 saturated carbocycles. The molecule has 0 aromatic heterocycles. The van der Waals surface area contributed by atoms with Crippen molar-refractivity contribution >= 4 is 22.1 Å². The predicted octanol–water partition coefficient (Wildman–Crippen LogP) is 5.07. The summed E-state index contributed by atoms with van der Waals surface area (Å²) < 4.78 is 44.4. The summed E-state index contributed by atoms with van der Waals surface area (Å²) in [6, 6.07) is 9.76. The third-order valence-corrected chi connectivity index (χ3v) is 3.05. The maximum Gasteiger partial charge on any atom is 0.420 e. The number of nitrogens with zero attached hydrogens (tertiary/aromatic N) is 1. The van der Waals surface area contributed by atoms with Gasteiger partial charge in [-0.15, -0.1) is 0 Å². The monoisotopic (exact) mass is 359 g/mol. The van der Waals surface area contributed by atoms with Crippen LogP contribution < -0.4 is 4.74 Å². The van der Waals surface area contributed by atoms with E-state index in [1.165, 1.54) is 30.5 Å². The first kappa shape index (κ1) is 15.4. The summed E-state index contributed by atoms with van der Waals surface area (Å²) in [5.41, 5.74) is -0.269. The molecule has 0 spiro atoms. The predicted molar refractivity (Wildman–Crippen MR) is 75.0 cm³/mol. The highest BCUT2D eigenvalue weighted by atomic mass is 79.9. The highest BCUT2D eigenvalue weighted by Gasteiger charge is 2.34. The summed E-state index contributed by atoms with van der Waals surface area (Å²) in [5, 5.41) is 11.2. The molecule has 0 aliphatic heterocycles. The molecule has 0 aliphatic rings. The molecular formula is C14H9BrF3NO2. The zero-order valence-corrected chi connectivity index (χ0v) is 12.0. The summed E-state index contributed by atoms with van der Waals surface area (Å²) in [6.45, 7) is 0. The van der Waals surface area contributed by atoms with Crippen LogP contribution in [0.25, 0.3) is 0 Å². The number of alkyl halides is 3. The Morgan fingerprint density at radius 1 is 1.10 bits per heavy atom. The Kier molecular flexibility index (Phi) is 4.52. The lowest BCUT2D eigenvalue weighted by Gasteiger charge is -2.14. The quantitative estimate of drug-likeness (QED) is 0.472. The molecule has 7 heteroatoms. The van der Waals surface area contributed by atoms with Crippen LogP contribution in [0.4, 0.5) is 13.2 Å². The highest BCUT2D eigenvalue weighted by molar-refractivity contribution is 9.10. The molecule has 2 aromatic rings. The Bertz CT molecular complexity index is 654. The number of hydrogen-bond donors (Lipinski definition) is 1. The van der Waals surface area contributed by atoms with Crippen LogP contribution >= 0.6 is 15.9 Å². The second-order valence-electron chi connectivity index (χ2n) is 4.05. The molecule has 0 saturated heterocycles. The number of rotatable bonds is 3. The number of hydrogen-bond acceptors (Lipinski definition) is 3. The fraction of sp³-hybridized carbons (Fsp3) is 0.0714. The SMILES string of the molecule is O/N=C/c1ccc(Oc2ccc(Br)cc2C(F)(F)F)cc1. The average Bonchev–Trinajstić information content (AvgIpc) is 2.42. The first-order chi connectivity index (χ1) is 9.90. The topological polar surface area (TPSA) is 41.8 Å². The first-order valence-electron chi connectivity index (χ1n) is 5.72. The lowest BCUT2D eigenvalue weighted by Crippen LogP contribution is -2.07. The van der Waals surface area contributed by atoms with Crippen LogP contribution in [0.15, 0.2) is 52.1 Å². The van der Waals surface area contributed by atoms with Gasteiger partial charge in [0.25, 0.3) is 0 Å². The largest absolute Gasteiger partial charge is 0.457 e. The van der Waals surface area contributed by atoms with Crippen LogP contribution in [0.2, 0.25) is 0 Å². The molecule has 2 rings (SSSR count). The summed E-state index contributed by atoms with van der Waals surface area (Å²) in [6.07, 6.45) is -3.31. The lowest BCUT2D eigenvalue weighted by atomic mass is 10.2. The number of oxime groups is 1. The molecule has 0 amide bonds. The van der Waals surface area contributed by atoms with E-state index in [4.69, 9.17) is 9.94 Å². The highest BCUT2D eigenvalue weighted by Crippen LogP contribution is 2.39. The standard InChI is InChI=1S/C14H9BrF3NO2/c15-10-3-6-13(12(7-10)14(16,17)18)21-11-4-1-9(2-5-11)8-19-20/h1-8,20H/b19-8+.